The summed E-state index contributed by atoms with van der Waals surface area (Å²) in [5, 5.41) is 17.8. The first-order valence-corrected chi connectivity index (χ1v) is 3.83. The Balaban J connectivity index is 3.35. The Kier molecular flexibility index (Phi) is 2.16. The van der Waals surface area contributed by atoms with E-state index in [-0.39, 0.29) is 5.75 Å². The summed E-state index contributed by atoms with van der Waals surface area (Å²) < 4.78 is 0.564. The second kappa shape index (κ2) is 2.93. The molecule has 56 valence electrons. The van der Waals surface area contributed by atoms with E-state index in [1.165, 1.54) is 0 Å². The van der Waals surface area contributed by atoms with Gasteiger partial charge in [0.2, 0.25) is 0 Å². The summed E-state index contributed by atoms with van der Waals surface area (Å²) in [6.07, 6.45) is 0. The van der Waals surface area contributed by atoms with Crippen molar-refractivity contribution in [3.8, 4) is 11.8 Å². The van der Waals surface area contributed by atoms with Crippen molar-refractivity contribution in [3.05, 3.63) is 27.7 Å². The second-order valence-corrected chi connectivity index (χ2v) is 3.09. The number of nitrogens with zero attached hydrogens (tertiary/aromatic N) is 1. The van der Waals surface area contributed by atoms with Crippen molar-refractivity contribution in [3.63, 3.8) is 0 Å². The third-order valence-electron chi connectivity index (χ3n) is 1.38. The van der Waals surface area contributed by atoms with E-state index >= 15 is 0 Å². The van der Waals surface area contributed by atoms with Crippen LogP contribution in [0.15, 0.2) is 16.6 Å². The fourth-order valence-electron chi connectivity index (χ4n) is 0.801. The Morgan fingerprint density at radius 3 is 2.64 bits per heavy atom. The topological polar surface area (TPSA) is 44.0 Å². The Bertz CT molecular complexity index is 304. The molecule has 0 aliphatic carbocycles. The molecule has 1 N–H and O–H groups in total. The lowest BCUT2D eigenvalue weighted by molar-refractivity contribution is 0.467. The average molecular weight is 212 g/mol. The molecule has 1 rings (SSSR count). The van der Waals surface area contributed by atoms with Gasteiger partial charge < -0.3 is 5.11 Å². The number of halogens is 1. The van der Waals surface area contributed by atoms with Gasteiger partial charge in [0, 0.05) is 0 Å². The van der Waals surface area contributed by atoms with Crippen molar-refractivity contribution in [2.45, 2.75) is 6.92 Å². The van der Waals surface area contributed by atoms with Crippen LogP contribution in [0.2, 0.25) is 0 Å². The van der Waals surface area contributed by atoms with Crippen LogP contribution < -0.4 is 0 Å². The lowest BCUT2D eigenvalue weighted by Crippen LogP contribution is -1.80. The summed E-state index contributed by atoms with van der Waals surface area (Å²) >= 11 is 3.14. The smallest absolute Gasteiger partial charge is 0.132 e. The van der Waals surface area contributed by atoms with E-state index in [1.807, 2.05) is 6.07 Å². The number of phenolic OH excluding ortho intramolecular Hbond substituents is 1. The van der Waals surface area contributed by atoms with Crippen LogP contribution in [0, 0.1) is 18.3 Å². The predicted molar refractivity (Wildman–Crippen MR) is 45.3 cm³/mol. The van der Waals surface area contributed by atoms with Crippen molar-refractivity contribution in [2.24, 2.45) is 0 Å². The SMILES string of the molecule is Cc1cc(C#N)cc(Br)c1O. The molecule has 0 saturated heterocycles. The molecular formula is C8H6BrNO. The zero-order chi connectivity index (χ0) is 8.43. The molecule has 0 aliphatic rings. The van der Waals surface area contributed by atoms with Gasteiger partial charge in [-0.15, -0.1) is 0 Å². The van der Waals surface area contributed by atoms with E-state index < -0.39 is 0 Å². The lowest BCUT2D eigenvalue weighted by atomic mass is 10.1. The number of phenols is 1. The van der Waals surface area contributed by atoms with Crippen LogP contribution in [0.4, 0.5) is 0 Å². The Labute approximate surface area is 73.2 Å². The highest BCUT2D eigenvalue weighted by Gasteiger charge is 2.02. The monoisotopic (exact) mass is 211 g/mol. The average Bonchev–Trinajstić information content (AvgIpc) is 1.99. The molecule has 2 nitrogen and oxygen atoms in total. The maximum absolute atomic E-state index is 9.27. The van der Waals surface area contributed by atoms with Gasteiger partial charge in [-0.05, 0) is 40.5 Å². The minimum absolute atomic E-state index is 0.198. The first-order chi connectivity index (χ1) is 5.15. The molecule has 3 heteroatoms. The molecule has 1 aromatic rings. The first-order valence-electron chi connectivity index (χ1n) is 3.04. The fourth-order valence-corrected chi connectivity index (χ4v) is 1.36. The highest BCUT2D eigenvalue weighted by Crippen LogP contribution is 2.28. The van der Waals surface area contributed by atoms with Gasteiger partial charge in [-0.1, -0.05) is 0 Å². The Hall–Kier alpha value is -1.01. The van der Waals surface area contributed by atoms with Crippen LogP contribution in [0.5, 0.6) is 5.75 Å². The van der Waals surface area contributed by atoms with Crippen LogP contribution in [0.3, 0.4) is 0 Å². The molecule has 0 radical (unpaired) electrons. The van der Waals surface area contributed by atoms with E-state index in [9.17, 15) is 5.11 Å². The number of benzene rings is 1. The third kappa shape index (κ3) is 1.52. The standard InChI is InChI=1S/C8H6BrNO/c1-5-2-6(4-10)3-7(9)8(5)11/h2-3,11H,1H3. The van der Waals surface area contributed by atoms with Crippen LogP contribution in [0.1, 0.15) is 11.1 Å². The molecule has 0 spiro atoms. The van der Waals surface area contributed by atoms with E-state index in [1.54, 1.807) is 19.1 Å². The predicted octanol–water partition coefficient (Wildman–Crippen LogP) is 2.33. The highest BCUT2D eigenvalue weighted by molar-refractivity contribution is 9.10. The van der Waals surface area contributed by atoms with Gasteiger partial charge in [-0.25, -0.2) is 0 Å². The molecular weight excluding hydrogens is 206 g/mol. The number of hydrogen-bond acceptors (Lipinski definition) is 2. The number of aromatic hydroxyl groups is 1. The number of aryl methyl sites for hydroxylation is 1. The van der Waals surface area contributed by atoms with Gasteiger partial charge in [0.25, 0.3) is 0 Å². The zero-order valence-electron chi connectivity index (χ0n) is 5.93. The second-order valence-electron chi connectivity index (χ2n) is 2.24. The molecule has 0 bridgehead atoms. The number of hydrogen-bond donors (Lipinski definition) is 1. The van der Waals surface area contributed by atoms with E-state index in [4.69, 9.17) is 5.26 Å². The maximum Gasteiger partial charge on any atom is 0.132 e. The van der Waals surface area contributed by atoms with Gasteiger partial charge in [0.05, 0.1) is 16.1 Å². The third-order valence-corrected chi connectivity index (χ3v) is 1.99. The number of rotatable bonds is 0. The van der Waals surface area contributed by atoms with E-state index in [0.717, 1.165) is 0 Å². The zero-order valence-corrected chi connectivity index (χ0v) is 7.51. The summed E-state index contributed by atoms with van der Waals surface area (Å²) in [5.41, 5.74) is 1.25. The minimum atomic E-state index is 0.198. The molecule has 0 aromatic heterocycles. The molecule has 0 atom stereocenters. The van der Waals surface area contributed by atoms with Crippen molar-refractivity contribution in [1.29, 1.82) is 5.26 Å². The van der Waals surface area contributed by atoms with Gasteiger partial charge in [-0.3, -0.25) is 0 Å². The maximum atomic E-state index is 9.27. The van der Waals surface area contributed by atoms with Gasteiger partial charge in [0.15, 0.2) is 0 Å². The van der Waals surface area contributed by atoms with Crippen molar-refractivity contribution in [2.75, 3.05) is 0 Å². The van der Waals surface area contributed by atoms with E-state index in [0.29, 0.717) is 15.6 Å². The fraction of sp³-hybridized carbons (Fsp3) is 0.125. The molecule has 0 saturated carbocycles. The molecule has 0 aliphatic heterocycles. The summed E-state index contributed by atoms with van der Waals surface area (Å²) in [6, 6.07) is 5.22. The lowest BCUT2D eigenvalue weighted by Gasteiger charge is -2.00. The van der Waals surface area contributed by atoms with Crippen LogP contribution in [0.25, 0.3) is 0 Å². The highest BCUT2D eigenvalue weighted by atomic mass is 79.9. The normalized spacial score (nSPS) is 9.18. The van der Waals surface area contributed by atoms with Gasteiger partial charge in [0.1, 0.15) is 5.75 Å². The Morgan fingerprint density at radius 1 is 1.55 bits per heavy atom. The van der Waals surface area contributed by atoms with Crippen molar-refractivity contribution in [1.82, 2.24) is 0 Å². The molecule has 0 unspecified atom stereocenters. The molecule has 1 aromatic carbocycles. The summed E-state index contributed by atoms with van der Waals surface area (Å²) in [7, 11) is 0. The van der Waals surface area contributed by atoms with Crippen LogP contribution in [-0.4, -0.2) is 5.11 Å². The van der Waals surface area contributed by atoms with Crippen molar-refractivity contribution < 1.29 is 5.11 Å². The first kappa shape index (κ1) is 8.09. The summed E-state index contributed by atoms with van der Waals surface area (Å²) in [4.78, 5) is 0. The largest absolute Gasteiger partial charge is 0.506 e. The molecule has 11 heavy (non-hydrogen) atoms. The minimum Gasteiger partial charge on any atom is -0.506 e. The Morgan fingerprint density at radius 2 is 2.18 bits per heavy atom. The van der Waals surface area contributed by atoms with Crippen molar-refractivity contribution >= 4 is 15.9 Å². The summed E-state index contributed by atoms with van der Waals surface area (Å²) in [5.74, 6) is 0.198. The molecule has 0 fully saturated rings. The van der Waals surface area contributed by atoms with E-state index in [2.05, 4.69) is 15.9 Å². The number of nitriles is 1. The summed E-state index contributed by atoms with van der Waals surface area (Å²) in [6.45, 7) is 1.75. The van der Waals surface area contributed by atoms with Crippen LogP contribution in [-0.2, 0) is 0 Å². The molecule has 0 amide bonds. The molecule has 0 heterocycles. The van der Waals surface area contributed by atoms with Gasteiger partial charge >= 0.3 is 0 Å². The quantitative estimate of drug-likeness (QED) is 0.717. The van der Waals surface area contributed by atoms with Crippen LogP contribution >= 0.6 is 15.9 Å². The van der Waals surface area contributed by atoms with Gasteiger partial charge in [-0.2, -0.15) is 5.26 Å².